The van der Waals surface area contributed by atoms with Gasteiger partial charge in [0.2, 0.25) is 11.8 Å². The molecule has 1 aliphatic carbocycles. The molecule has 1 aromatic carbocycles. The van der Waals surface area contributed by atoms with Crippen molar-refractivity contribution in [2.45, 2.75) is 39.3 Å². The minimum Gasteiger partial charge on any atom is -0.355 e. The van der Waals surface area contributed by atoms with Gasteiger partial charge in [0.25, 0.3) is 0 Å². The highest BCUT2D eigenvalue weighted by Crippen LogP contribution is 2.28. The summed E-state index contributed by atoms with van der Waals surface area (Å²) in [4.78, 5) is 28.5. The van der Waals surface area contributed by atoms with Gasteiger partial charge >= 0.3 is 0 Å². The Labute approximate surface area is 135 Å². The first kappa shape index (κ1) is 15.5. The van der Waals surface area contributed by atoms with Gasteiger partial charge in [-0.25, -0.2) is 4.98 Å². The van der Waals surface area contributed by atoms with E-state index in [1.165, 1.54) is 0 Å². The molecule has 6 heteroatoms. The van der Waals surface area contributed by atoms with Gasteiger partial charge in [0.1, 0.15) is 12.4 Å². The van der Waals surface area contributed by atoms with Crippen molar-refractivity contribution in [1.82, 2.24) is 20.2 Å². The lowest BCUT2D eigenvalue weighted by atomic mass is 10.3. The largest absolute Gasteiger partial charge is 0.355 e. The van der Waals surface area contributed by atoms with Gasteiger partial charge in [-0.05, 0) is 31.4 Å². The highest BCUT2D eigenvalue weighted by Gasteiger charge is 2.29. The maximum Gasteiger partial charge on any atom is 0.240 e. The van der Waals surface area contributed by atoms with Gasteiger partial charge in [-0.1, -0.05) is 19.1 Å². The number of rotatable bonds is 7. The second-order valence-corrected chi connectivity index (χ2v) is 5.94. The van der Waals surface area contributed by atoms with Crippen LogP contribution in [0.4, 0.5) is 0 Å². The zero-order valence-corrected chi connectivity index (χ0v) is 13.3. The fourth-order valence-electron chi connectivity index (χ4n) is 2.56. The highest BCUT2D eigenvalue weighted by atomic mass is 16.2. The lowest BCUT2D eigenvalue weighted by Gasteiger charge is -2.10. The molecule has 1 heterocycles. The highest BCUT2D eigenvalue weighted by molar-refractivity contribution is 5.82. The summed E-state index contributed by atoms with van der Waals surface area (Å²) in [7, 11) is 0. The molecule has 1 aromatic heterocycles. The van der Waals surface area contributed by atoms with Gasteiger partial charge in [-0.2, -0.15) is 0 Å². The van der Waals surface area contributed by atoms with Crippen LogP contribution in [-0.2, 0) is 22.7 Å². The molecule has 6 nitrogen and oxygen atoms in total. The normalized spacial score (nSPS) is 14.0. The van der Waals surface area contributed by atoms with Crippen LogP contribution in [-0.4, -0.2) is 27.9 Å². The Morgan fingerprint density at radius 1 is 1.26 bits per heavy atom. The molecular formula is C17H22N4O2. The van der Waals surface area contributed by atoms with Gasteiger partial charge in [0, 0.05) is 12.5 Å². The Bertz CT molecular complexity index is 718. The first-order chi connectivity index (χ1) is 11.2. The number of amides is 2. The fraction of sp³-hybridized carbons (Fsp3) is 0.471. The number of fused-ring (bicyclic) bond motifs is 1. The Morgan fingerprint density at radius 2 is 2.04 bits per heavy atom. The number of hydrogen-bond acceptors (Lipinski definition) is 3. The number of benzene rings is 1. The Balaban J connectivity index is 1.78. The number of hydrogen-bond donors (Lipinski definition) is 2. The van der Waals surface area contributed by atoms with Crippen LogP contribution in [0.25, 0.3) is 11.0 Å². The lowest BCUT2D eigenvalue weighted by molar-refractivity contribution is -0.122. The molecule has 0 bridgehead atoms. The number of nitrogens with one attached hydrogen (secondary N) is 2. The lowest BCUT2D eigenvalue weighted by Crippen LogP contribution is -2.30. The predicted octanol–water partition coefficient (Wildman–Crippen LogP) is 1.59. The number of imidazole rings is 1. The van der Waals surface area contributed by atoms with Gasteiger partial charge in [-0.3, -0.25) is 9.59 Å². The Hall–Kier alpha value is -2.37. The molecule has 0 radical (unpaired) electrons. The van der Waals surface area contributed by atoms with Crippen LogP contribution in [0.5, 0.6) is 0 Å². The molecular weight excluding hydrogens is 292 g/mol. The van der Waals surface area contributed by atoms with E-state index in [2.05, 4.69) is 15.6 Å². The third kappa shape index (κ3) is 3.70. The van der Waals surface area contributed by atoms with Crippen LogP contribution in [0.15, 0.2) is 24.3 Å². The molecule has 0 aliphatic heterocycles. The summed E-state index contributed by atoms with van der Waals surface area (Å²) in [5, 5.41) is 5.81. The number of nitrogens with zero attached hydrogens (tertiary/aromatic N) is 2. The second kappa shape index (κ2) is 6.81. The average molecular weight is 314 g/mol. The van der Waals surface area contributed by atoms with Crippen LogP contribution in [0, 0.1) is 5.92 Å². The van der Waals surface area contributed by atoms with E-state index in [1.54, 1.807) is 0 Å². The number of para-hydroxylation sites is 2. The van der Waals surface area contributed by atoms with Crippen LogP contribution < -0.4 is 10.6 Å². The van der Waals surface area contributed by atoms with Gasteiger partial charge < -0.3 is 15.2 Å². The number of carbonyl (C=O) groups is 2. The summed E-state index contributed by atoms with van der Waals surface area (Å²) in [6.45, 7) is 3.26. The Morgan fingerprint density at radius 3 is 2.78 bits per heavy atom. The van der Waals surface area contributed by atoms with Crippen molar-refractivity contribution in [3.63, 3.8) is 0 Å². The topological polar surface area (TPSA) is 76.0 Å². The second-order valence-electron chi connectivity index (χ2n) is 5.94. The minimum absolute atomic E-state index is 0.0372. The predicted molar refractivity (Wildman–Crippen MR) is 87.6 cm³/mol. The van der Waals surface area contributed by atoms with E-state index in [1.807, 2.05) is 35.8 Å². The molecule has 2 amide bonds. The van der Waals surface area contributed by atoms with Crippen LogP contribution >= 0.6 is 0 Å². The van der Waals surface area contributed by atoms with E-state index < -0.39 is 0 Å². The summed E-state index contributed by atoms with van der Waals surface area (Å²) in [6.07, 6.45) is 2.85. The molecule has 2 aromatic rings. The summed E-state index contributed by atoms with van der Waals surface area (Å²) < 4.78 is 1.88. The van der Waals surface area contributed by atoms with Crippen LogP contribution in [0.3, 0.4) is 0 Å². The van der Waals surface area contributed by atoms with E-state index in [0.29, 0.717) is 18.9 Å². The number of aromatic nitrogens is 2. The standard InChI is InChI=1S/C17H22N4O2/c1-2-9-18-16(22)11-21-14-6-4-3-5-13(14)20-15(21)10-19-17(23)12-7-8-12/h3-6,12H,2,7-11H2,1H3,(H,18,22)(H,19,23). The monoisotopic (exact) mass is 314 g/mol. The van der Waals surface area contributed by atoms with Crippen LogP contribution in [0.2, 0.25) is 0 Å². The van der Waals surface area contributed by atoms with E-state index in [4.69, 9.17) is 0 Å². The number of carbonyl (C=O) groups excluding carboxylic acids is 2. The van der Waals surface area contributed by atoms with Crippen molar-refractivity contribution >= 4 is 22.8 Å². The maximum atomic E-state index is 12.1. The summed E-state index contributed by atoms with van der Waals surface area (Å²) >= 11 is 0. The zero-order valence-electron chi connectivity index (χ0n) is 13.3. The Kier molecular flexibility index (Phi) is 4.60. The third-order valence-corrected chi connectivity index (χ3v) is 3.98. The molecule has 23 heavy (non-hydrogen) atoms. The molecule has 3 rings (SSSR count). The van der Waals surface area contributed by atoms with Crippen molar-refractivity contribution in [2.75, 3.05) is 6.54 Å². The molecule has 0 saturated heterocycles. The van der Waals surface area contributed by atoms with E-state index >= 15 is 0 Å². The van der Waals surface area contributed by atoms with Crippen LogP contribution in [0.1, 0.15) is 32.0 Å². The van der Waals surface area contributed by atoms with Crippen molar-refractivity contribution in [3.05, 3.63) is 30.1 Å². The smallest absolute Gasteiger partial charge is 0.240 e. The SMILES string of the molecule is CCCNC(=O)Cn1c(CNC(=O)C2CC2)nc2ccccc21. The molecule has 2 N–H and O–H groups in total. The molecule has 0 unspecified atom stereocenters. The van der Waals surface area contributed by atoms with Gasteiger partial charge in [-0.15, -0.1) is 0 Å². The van der Waals surface area contributed by atoms with E-state index in [0.717, 1.165) is 30.3 Å². The summed E-state index contributed by atoms with van der Waals surface area (Å²) in [5.74, 6) is 0.927. The van der Waals surface area contributed by atoms with E-state index in [9.17, 15) is 9.59 Å². The fourth-order valence-corrected chi connectivity index (χ4v) is 2.56. The third-order valence-electron chi connectivity index (χ3n) is 3.98. The van der Waals surface area contributed by atoms with Gasteiger partial charge in [0.15, 0.2) is 0 Å². The first-order valence-electron chi connectivity index (χ1n) is 8.17. The molecule has 1 fully saturated rings. The van der Waals surface area contributed by atoms with Crippen molar-refractivity contribution in [1.29, 1.82) is 0 Å². The first-order valence-corrected chi connectivity index (χ1v) is 8.17. The molecule has 1 saturated carbocycles. The van der Waals surface area contributed by atoms with Crippen molar-refractivity contribution in [3.8, 4) is 0 Å². The maximum absolute atomic E-state index is 12.1. The minimum atomic E-state index is -0.0372. The van der Waals surface area contributed by atoms with Crippen molar-refractivity contribution < 1.29 is 9.59 Å². The molecule has 0 atom stereocenters. The van der Waals surface area contributed by atoms with Gasteiger partial charge in [0.05, 0.1) is 17.6 Å². The molecule has 122 valence electrons. The summed E-state index contributed by atoms with van der Waals surface area (Å²) in [6, 6.07) is 7.71. The average Bonchev–Trinajstić information content (AvgIpc) is 3.35. The van der Waals surface area contributed by atoms with E-state index in [-0.39, 0.29) is 24.3 Å². The molecule has 1 aliphatic rings. The van der Waals surface area contributed by atoms with Crippen molar-refractivity contribution in [2.24, 2.45) is 5.92 Å². The molecule has 0 spiro atoms. The zero-order chi connectivity index (χ0) is 16.2. The summed E-state index contributed by atoms with van der Waals surface area (Å²) in [5.41, 5.74) is 1.75. The quantitative estimate of drug-likeness (QED) is 0.815.